The molecule has 0 spiro atoms. The van der Waals surface area contributed by atoms with E-state index in [1.165, 1.54) is 0 Å². The topological polar surface area (TPSA) is 18.5 Å². The number of rotatable bonds is 0. The summed E-state index contributed by atoms with van der Waals surface area (Å²) < 4.78 is 10.7. The van der Waals surface area contributed by atoms with Crippen LogP contribution in [0.1, 0.15) is 5.56 Å². The van der Waals surface area contributed by atoms with Crippen LogP contribution in [0.4, 0.5) is 0 Å². The largest absolute Gasteiger partial charge is 0.486 e. The first kappa shape index (κ1) is 6.53. The summed E-state index contributed by atoms with van der Waals surface area (Å²) in [6.45, 7) is 3.28. The predicted molar refractivity (Wildman–Crippen MR) is 41.0 cm³/mol. The average molecular weight is 149 g/mol. The van der Waals surface area contributed by atoms with Crippen molar-refractivity contribution in [1.29, 1.82) is 0 Å². The maximum Gasteiger partial charge on any atom is 0.161 e. The van der Waals surface area contributed by atoms with Gasteiger partial charge in [-0.15, -0.1) is 0 Å². The van der Waals surface area contributed by atoms with Crippen molar-refractivity contribution in [2.75, 3.05) is 13.2 Å². The summed E-state index contributed by atoms with van der Waals surface area (Å²) in [4.78, 5) is 0. The van der Waals surface area contributed by atoms with Crippen molar-refractivity contribution >= 4 is 0 Å². The Kier molecular flexibility index (Phi) is 1.46. The molecule has 0 N–H and O–H groups in total. The van der Waals surface area contributed by atoms with Crippen molar-refractivity contribution < 1.29 is 9.47 Å². The summed E-state index contributed by atoms with van der Waals surface area (Å²) in [5, 5.41) is 0. The van der Waals surface area contributed by atoms with Crippen LogP contribution in [-0.2, 0) is 0 Å². The molecule has 0 fully saturated rings. The second-order valence-corrected chi connectivity index (χ2v) is 2.54. The molecular weight excluding hydrogens is 140 g/mol. The van der Waals surface area contributed by atoms with Gasteiger partial charge in [0.15, 0.2) is 11.5 Å². The van der Waals surface area contributed by atoms with Gasteiger partial charge in [-0.1, -0.05) is 0 Å². The summed E-state index contributed by atoms with van der Waals surface area (Å²) in [6, 6.07) is 6.82. The third-order valence-corrected chi connectivity index (χ3v) is 1.62. The molecule has 0 aromatic heterocycles. The van der Waals surface area contributed by atoms with Crippen LogP contribution in [0.2, 0.25) is 0 Å². The normalized spacial score (nSPS) is 14.6. The van der Waals surface area contributed by atoms with Crippen molar-refractivity contribution in [1.82, 2.24) is 0 Å². The van der Waals surface area contributed by atoms with E-state index < -0.39 is 0 Å². The summed E-state index contributed by atoms with van der Waals surface area (Å²) in [5.74, 6) is 1.65. The van der Waals surface area contributed by atoms with Crippen LogP contribution >= 0.6 is 0 Å². The zero-order valence-corrected chi connectivity index (χ0v) is 6.39. The summed E-state index contributed by atoms with van der Waals surface area (Å²) in [5.41, 5.74) is 1.08. The molecule has 2 rings (SSSR count). The van der Waals surface area contributed by atoms with E-state index in [1.54, 1.807) is 0 Å². The van der Waals surface area contributed by atoms with E-state index in [0.29, 0.717) is 13.2 Å². The van der Waals surface area contributed by atoms with Crippen molar-refractivity contribution in [3.63, 3.8) is 0 Å². The Morgan fingerprint density at radius 1 is 1.27 bits per heavy atom. The molecule has 2 nitrogen and oxygen atoms in total. The van der Waals surface area contributed by atoms with Crippen LogP contribution in [0.15, 0.2) is 12.1 Å². The Morgan fingerprint density at radius 2 is 2.00 bits per heavy atom. The Morgan fingerprint density at radius 3 is 2.82 bits per heavy atom. The van der Waals surface area contributed by atoms with Crippen molar-refractivity contribution in [2.45, 2.75) is 6.92 Å². The highest BCUT2D eigenvalue weighted by molar-refractivity contribution is 5.42. The lowest BCUT2D eigenvalue weighted by molar-refractivity contribution is 0.171. The fourth-order valence-corrected chi connectivity index (χ4v) is 1.09. The molecule has 11 heavy (non-hydrogen) atoms. The molecule has 0 bridgehead atoms. The molecule has 0 unspecified atom stereocenters. The fourth-order valence-electron chi connectivity index (χ4n) is 1.09. The minimum absolute atomic E-state index is 0.643. The van der Waals surface area contributed by atoms with Gasteiger partial charge in [-0.25, -0.2) is 0 Å². The van der Waals surface area contributed by atoms with Gasteiger partial charge in [0.25, 0.3) is 0 Å². The van der Waals surface area contributed by atoms with E-state index in [0.717, 1.165) is 17.1 Å². The van der Waals surface area contributed by atoms with Crippen LogP contribution in [0.3, 0.4) is 0 Å². The number of hydrogen-bond acceptors (Lipinski definition) is 2. The van der Waals surface area contributed by atoms with E-state index in [9.17, 15) is 0 Å². The summed E-state index contributed by atoms with van der Waals surface area (Å²) in [6.07, 6.45) is 0. The van der Waals surface area contributed by atoms with Crippen LogP contribution in [0, 0.1) is 13.0 Å². The quantitative estimate of drug-likeness (QED) is 0.557. The number of fused-ring (bicyclic) bond motifs is 1. The molecule has 0 amide bonds. The molecule has 1 aliphatic heterocycles. The van der Waals surface area contributed by atoms with Crippen LogP contribution in [-0.4, -0.2) is 13.2 Å². The first-order valence-corrected chi connectivity index (χ1v) is 3.64. The lowest BCUT2D eigenvalue weighted by Crippen LogP contribution is -2.15. The summed E-state index contributed by atoms with van der Waals surface area (Å²) >= 11 is 0. The zero-order valence-electron chi connectivity index (χ0n) is 6.39. The van der Waals surface area contributed by atoms with Gasteiger partial charge in [0.05, 0.1) is 0 Å². The number of aryl methyl sites for hydroxylation is 1. The molecule has 0 aliphatic carbocycles. The molecule has 1 heterocycles. The number of hydrogen-bond donors (Lipinski definition) is 0. The van der Waals surface area contributed by atoms with E-state index in [4.69, 9.17) is 9.47 Å². The lowest BCUT2D eigenvalue weighted by atomic mass is 10.2. The summed E-state index contributed by atoms with van der Waals surface area (Å²) in [7, 11) is 0. The van der Waals surface area contributed by atoms with Gasteiger partial charge in [-0.2, -0.15) is 0 Å². The molecule has 2 heteroatoms. The second-order valence-electron chi connectivity index (χ2n) is 2.54. The van der Waals surface area contributed by atoms with Crippen LogP contribution in [0.25, 0.3) is 0 Å². The van der Waals surface area contributed by atoms with Gasteiger partial charge >= 0.3 is 0 Å². The minimum atomic E-state index is 0.643. The maximum absolute atomic E-state index is 5.36. The molecule has 1 aromatic rings. The Bertz CT molecular complexity index is 268. The number of ether oxygens (including phenoxy) is 2. The first-order chi connectivity index (χ1) is 5.36. The SMILES string of the molecule is Cc1[c]cc2c(c1)OCCO2. The van der Waals surface area contributed by atoms with Crippen molar-refractivity contribution in [3.8, 4) is 11.5 Å². The van der Waals surface area contributed by atoms with Gasteiger partial charge in [0.1, 0.15) is 13.2 Å². The van der Waals surface area contributed by atoms with E-state index >= 15 is 0 Å². The Balaban J connectivity index is 2.43. The van der Waals surface area contributed by atoms with Gasteiger partial charge < -0.3 is 9.47 Å². The monoisotopic (exact) mass is 149 g/mol. The average Bonchev–Trinajstić information content (AvgIpc) is 2.04. The van der Waals surface area contributed by atoms with Crippen molar-refractivity contribution in [2.24, 2.45) is 0 Å². The standard InChI is InChI=1S/C9H9O2/c1-7-2-3-8-9(6-7)11-5-4-10-8/h3,6H,4-5H2,1H3. The zero-order chi connectivity index (χ0) is 7.68. The fraction of sp³-hybridized carbons (Fsp3) is 0.333. The minimum Gasteiger partial charge on any atom is -0.486 e. The smallest absolute Gasteiger partial charge is 0.161 e. The first-order valence-electron chi connectivity index (χ1n) is 3.64. The highest BCUT2D eigenvalue weighted by atomic mass is 16.6. The highest BCUT2D eigenvalue weighted by Gasteiger charge is 2.09. The second kappa shape index (κ2) is 2.46. The molecule has 1 radical (unpaired) electrons. The predicted octanol–water partition coefficient (Wildman–Crippen LogP) is 1.57. The Hall–Kier alpha value is -1.18. The van der Waals surface area contributed by atoms with Gasteiger partial charge in [0, 0.05) is 0 Å². The third kappa shape index (κ3) is 1.16. The third-order valence-electron chi connectivity index (χ3n) is 1.62. The van der Waals surface area contributed by atoms with Gasteiger partial charge in [-0.05, 0) is 30.7 Å². The molecule has 0 atom stereocenters. The molecule has 1 aliphatic rings. The Labute approximate surface area is 65.7 Å². The molecule has 0 saturated heterocycles. The van der Waals surface area contributed by atoms with Crippen LogP contribution in [0.5, 0.6) is 11.5 Å². The lowest BCUT2D eigenvalue weighted by Gasteiger charge is -2.17. The molecular formula is C9H9O2. The maximum atomic E-state index is 5.36. The number of benzene rings is 1. The molecule has 1 aromatic carbocycles. The van der Waals surface area contributed by atoms with E-state index in [2.05, 4.69) is 6.07 Å². The van der Waals surface area contributed by atoms with E-state index in [-0.39, 0.29) is 0 Å². The van der Waals surface area contributed by atoms with Crippen molar-refractivity contribution in [3.05, 3.63) is 23.8 Å². The molecule has 0 saturated carbocycles. The van der Waals surface area contributed by atoms with Crippen LogP contribution < -0.4 is 9.47 Å². The van der Waals surface area contributed by atoms with E-state index in [1.807, 2.05) is 19.1 Å². The highest BCUT2D eigenvalue weighted by Crippen LogP contribution is 2.29. The molecule has 57 valence electrons. The van der Waals surface area contributed by atoms with Gasteiger partial charge in [-0.3, -0.25) is 0 Å². The van der Waals surface area contributed by atoms with Gasteiger partial charge in [0.2, 0.25) is 0 Å².